The summed E-state index contributed by atoms with van der Waals surface area (Å²) in [4.78, 5) is 0. The molecule has 0 spiro atoms. The van der Waals surface area contributed by atoms with Crippen LogP contribution < -0.4 is 5.30 Å². The van der Waals surface area contributed by atoms with Crippen LogP contribution in [0.1, 0.15) is 0 Å². The van der Waals surface area contributed by atoms with Gasteiger partial charge < -0.3 is 15.3 Å². The minimum atomic E-state index is -0.514. The van der Waals surface area contributed by atoms with Crippen LogP contribution in [0.4, 0.5) is 0 Å². The van der Waals surface area contributed by atoms with Gasteiger partial charge in [0.25, 0.3) is 0 Å². The van der Waals surface area contributed by atoms with E-state index in [1.165, 1.54) is 12.1 Å². The van der Waals surface area contributed by atoms with E-state index >= 15 is 0 Å². The topological polar surface area (TPSA) is 60.7 Å². The average molecular weight is 188 g/mol. The van der Waals surface area contributed by atoms with Crippen molar-refractivity contribution in [1.29, 1.82) is 0 Å². The largest absolute Gasteiger partial charge is 0.504 e. The van der Waals surface area contributed by atoms with Gasteiger partial charge in [0, 0.05) is 7.36 Å². The van der Waals surface area contributed by atoms with Crippen LogP contribution in [0.25, 0.3) is 0 Å². The van der Waals surface area contributed by atoms with Crippen molar-refractivity contribution in [1.82, 2.24) is 0 Å². The van der Waals surface area contributed by atoms with E-state index < -0.39 is 5.75 Å². The van der Waals surface area contributed by atoms with Gasteiger partial charge in [-0.3, -0.25) is 0 Å². The lowest BCUT2D eigenvalue weighted by Crippen LogP contribution is -1.91. The van der Waals surface area contributed by atoms with Gasteiger partial charge in [-0.05, 0) is 12.1 Å². The molecule has 3 nitrogen and oxygen atoms in total. The molecule has 3 N–H and O–H groups in total. The van der Waals surface area contributed by atoms with E-state index in [-0.39, 0.29) is 11.5 Å². The molecule has 0 saturated heterocycles. The molecule has 11 heavy (non-hydrogen) atoms. The molecule has 5 heteroatoms. The highest BCUT2D eigenvalue weighted by molar-refractivity contribution is 7.99. The minimum Gasteiger partial charge on any atom is -0.504 e. The Kier molecular flexibility index (Phi) is 2.27. The number of benzene rings is 1. The quantitative estimate of drug-likeness (QED) is 0.451. The van der Waals surface area contributed by atoms with Crippen LogP contribution >= 0.6 is 7.36 Å². The molecule has 0 saturated carbocycles. The van der Waals surface area contributed by atoms with Crippen molar-refractivity contribution in [2.45, 2.75) is 0 Å². The Bertz CT molecular complexity index is 300. The van der Waals surface area contributed by atoms with Crippen molar-refractivity contribution >= 4 is 24.5 Å². The number of phenolic OH excluding ortho intramolecular Hbond substituents is 3. The molecule has 0 unspecified atom stereocenters. The third kappa shape index (κ3) is 1.42. The van der Waals surface area contributed by atoms with Crippen molar-refractivity contribution < 1.29 is 15.3 Å². The fourth-order valence-corrected chi connectivity index (χ4v) is 1.40. The van der Waals surface area contributed by atoms with Crippen molar-refractivity contribution in [2.24, 2.45) is 0 Å². The van der Waals surface area contributed by atoms with Gasteiger partial charge in [-0.1, -0.05) is 11.8 Å². The van der Waals surface area contributed by atoms with E-state index in [2.05, 4.69) is 11.8 Å². The van der Waals surface area contributed by atoms with Crippen LogP contribution in [0.2, 0.25) is 0 Å². The second-order valence-corrected chi connectivity index (χ2v) is 3.10. The molecule has 0 aliphatic rings. The summed E-state index contributed by atoms with van der Waals surface area (Å²) in [6, 6.07) is 2.74. The van der Waals surface area contributed by atoms with Crippen LogP contribution in [0.3, 0.4) is 0 Å². The predicted molar refractivity (Wildman–Crippen MR) is 45.4 cm³/mol. The van der Waals surface area contributed by atoms with Gasteiger partial charge in [-0.15, -0.1) is 0 Å². The fraction of sp³-hybridized carbons (Fsp3) is 0. The van der Waals surface area contributed by atoms with Crippen molar-refractivity contribution in [3.05, 3.63) is 12.1 Å². The monoisotopic (exact) mass is 188 g/mol. The Labute approximate surface area is 69.8 Å². The van der Waals surface area contributed by atoms with Crippen LogP contribution in [-0.2, 0) is 11.8 Å². The molecule has 0 atom stereocenters. The second-order valence-electron chi connectivity index (χ2n) is 1.89. The van der Waals surface area contributed by atoms with Crippen LogP contribution in [0, 0.1) is 0 Å². The Hall–Kier alpha value is -0.860. The maximum atomic E-state index is 9.09. The van der Waals surface area contributed by atoms with E-state index in [0.717, 1.165) is 0 Å². The van der Waals surface area contributed by atoms with Gasteiger partial charge in [0.1, 0.15) is 0 Å². The number of aromatic hydroxyl groups is 3. The number of phenols is 3. The molecule has 1 aromatic carbocycles. The van der Waals surface area contributed by atoms with E-state index in [4.69, 9.17) is 15.3 Å². The number of hydrogen-bond donors (Lipinski definition) is 3. The Morgan fingerprint density at radius 3 is 2.27 bits per heavy atom. The molecular weight excluding hydrogens is 183 g/mol. The molecule has 58 valence electrons. The number of rotatable bonds is 1. The molecule has 0 fully saturated rings. The zero-order valence-electron chi connectivity index (χ0n) is 5.35. The highest BCUT2D eigenvalue weighted by atomic mass is 32.4. The van der Waals surface area contributed by atoms with Crippen molar-refractivity contribution in [3.63, 3.8) is 0 Å². The van der Waals surface area contributed by atoms with Gasteiger partial charge in [0.2, 0.25) is 5.75 Å². The summed E-state index contributed by atoms with van der Waals surface area (Å²) in [5.74, 6) is -1.20. The third-order valence-electron chi connectivity index (χ3n) is 1.21. The smallest absolute Gasteiger partial charge is 0.201 e. The van der Waals surface area contributed by atoms with Crippen molar-refractivity contribution in [2.75, 3.05) is 0 Å². The first kappa shape index (κ1) is 8.24. The first-order chi connectivity index (χ1) is 5.16. The normalized spacial score (nSPS) is 10.2. The maximum absolute atomic E-state index is 9.09. The lowest BCUT2D eigenvalue weighted by molar-refractivity contribution is 0.370. The minimum absolute atomic E-state index is 0.343. The first-order valence-corrected chi connectivity index (χ1v) is 4.65. The van der Waals surface area contributed by atoms with E-state index in [9.17, 15) is 0 Å². The standard InChI is InChI=1S/C6H5O3PS/c7-3-1-2-4(10-11)6(9)5(3)8/h1-2,7-9H. The van der Waals surface area contributed by atoms with Gasteiger partial charge in [0.15, 0.2) is 11.5 Å². The predicted octanol–water partition coefficient (Wildman–Crippen LogP) is 0.837. The zero-order valence-corrected chi connectivity index (χ0v) is 7.06. The Morgan fingerprint density at radius 2 is 1.73 bits per heavy atom. The van der Waals surface area contributed by atoms with E-state index in [1.807, 2.05) is 0 Å². The highest BCUT2D eigenvalue weighted by Gasteiger charge is 2.08. The molecule has 0 aromatic heterocycles. The average Bonchev–Trinajstić information content (AvgIpc) is 2.01. The summed E-state index contributed by atoms with van der Waals surface area (Å²) in [5.41, 5.74) is 0. The molecular formula is C6H5O3PS. The molecule has 0 bridgehead atoms. The van der Waals surface area contributed by atoms with Gasteiger partial charge in [-0.2, -0.15) is 0 Å². The molecule has 0 aliphatic carbocycles. The fourth-order valence-electron chi connectivity index (χ4n) is 0.632. The SMILES string of the molecule is Oc1ccc(P=S)c(O)c1O. The second kappa shape index (κ2) is 3.03. The lowest BCUT2D eigenvalue weighted by atomic mass is 10.3. The highest BCUT2D eigenvalue weighted by Crippen LogP contribution is 2.33. The number of hydrogen-bond acceptors (Lipinski definition) is 4. The maximum Gasteiger partial charge on any atom is 0.201 e. The Morgan fingerprint density at radius 1 is 1.09 bits per heavy atom. The van der Waals surface area contributed by atoms with Gasteiger partial charge in [0.05, 0.1) is 5.30 Å². The van der Waals surface area contributed by atoms with Crippen LogP contribution in [0.5, 0.6) is 17.2 Å². The molecule has 0 amide bonds. The summed E-state index contributed by atoms with van der Waals surface area (Å²) in [6.07, 6.45) is 0. The van der Waals surface area contributed by atoms with E-state index in [0.29, 0.717) is 12.7 Å². The van der Waals surface area contributed by atoms with E-state index in [1.54, 1.807) is 0 Å². The third-order valence-corrected chi connectivity index (χ3v) is 2.35. The van der Waals surface area contributed by atoms with Crippen molar-refractivity contribution in [3.8, 4) is 17.2 Å². The lowest BCUT2D eigenvalue weighted by Gasteiger charge is -2.01. The zero-order chi connectivity index (χ0) is 8.43. The summed E-state index contributed by atoms with van der Waals surface area (Å²) in [7, 11) is 0.432. The molecule has 0 aliphatic heterocycles. The molecule has 0 heterocycles. The first-order valence-electron chi connectivity index (χ1n) is 2.74. The molecule has 1 aromatic rings. The summed E-state index contributed by atoms with van der Waals surface area (Å²) < 4.78 is 0. The van der Waals surface area contributed by atoms with Gasteiger partial charge in [-0.25, -0.2) is 0 Å². The summed E-state index contributed by atoms with van der Waals surface area (Å²) >= 11 is 4.63. The summed E-state index contributed by atoms with van der Waals surface area (Å²) in [6.45, 7) is 0. The Balaban J connectivity index is 3.36. The molecule has 0 radical (unpaired) electrons. The van der Waals surface area contributed by atoms with Crippen LogP contribution in [-0.4, -0.2) is 15.3 Å². The summed E-state index contributed by atoms with van der Waals surface area (Å²) in [5, 5.41) is 27.3. The molecule has 1 rings (SSSR count). The van der Waals surface area contributed by atoms with Gasteiger partial charge >= 0.3 is 0 Å². The van der Waals surface area contributed by atoms with Crippen LogP contribution in [0.15, 0.2) is 12.1 Å².